The third-order valence-electron chi connectivity index (χ3n) is 4.84. The number of aromatic nitrogens is 5. The maximum Gasteiger partial charge on any atom is 0.284 e. The average Bonchev–Trinajstić information content (AvgIpc) is 3.16. The third kappa shape index (κ3) is 3.47. The first-order valence-electron chi connectivity index (χ1n) is 9.49. The van der Waals surface area contributed by atoms with Crippen LogP contribution in [0.5, 0.6) is 5.75 Å². The van der Waals surface area contributed by atoms with Gasteiger partial charge < -0.3 is 9.64 Å². The Morgan fingerprint density at radius 1 is 1.14 bits per heavy atom. The van der Waals surface area contributed by atoms with E-state index >= 15 is 0 Å². The van der Waals surface area contributed by atoms with Gasteiger partial charge in [0.05, 0.1) is 12.3 Å². The lowest BCUT2D eigenvalue weighted by Gasteiger charge is -2.26. The number of hydrogen-bond donors (Lipinski definition) is 0. The van der Waals surface area contributed by atoms with Gasteiger partial charge in [-0.1, -0.05) is 5.21 Å². The highest BCUT2D eigenvalue weighted by atomic mass is 16.5. The molecule has 4 rings (SSSR count). The van der Waals surface area contributed by atoms with E-state index < -0.39 is 0 Å². The Bertz CT molecular complexity index is 1030. The molecule has 28 heavy (non-hydrogen) atoms. The van der Waals surface area contributed by atoms with E-state index in [-0.39, 0.29) is 23.5 Å². The molecule has 0 unspecified atom stereocenters. The molecule has 1 fully saturated rings. The molecule has 0 radical (unpaired) electrons. The predicted molar refractivity (Wildman–Crippen MR) is 103 cm³/mol. The topological polar surface area (TPSA) is 95.1 Å². The van der Waals surface area contributed by atoms with Crippen LogP contribution in [0.3, 0.4) is 0 Å². The maximum atomic E-state index is 12.7. The fourth-order valence-corrected chi connectivity index (χ4v) is 3.37. The largest absolute Gasteiger partial charge is 0.494 e. The fourth-order valence-electron chi connectivity index (χ4n) is 3.37. The lowest BCUT2D eigenvalue weighted by atomic mass is 10.1. The number of carbonyl (C=O) groups excluding carboxylic acids is 1. The molecule has 1 amide bonds. The van der Waals surface area contributed by atoms with Crippen LogP contribution in [0.4, 0.5) is 0 Å². The summed E-state index contributed by atoms with van der Waals surface area (Å²) >= 11 is 0. The van der Waals surface area contributed by atoms with Crippen molar-refractivity contribution in [2.75, 3.05) is 19.7 Å². The molecule has 9 heteroatoms. The summed E-state index contributed by atoms with van der Waals surface area (Å²) < 4.78 is 8.24. The van der Waals surface area contributed by atoms with E-state index in [0.29, 0.717) is 12.3 Å². The molecule has 146 valence electrons. The first-order valence-corrected chi connectivity index (χ1v) is 9.49. The van der Waals surface area contributed by atoms with Crippen LogP contribution in [0.2, 0.25) is 0 Å². The van der Waals surface area contributed by atoms with Gasteiger partial charge in [0, 0.05) is 13.1 Å². The van der Waals surface area contributed by atoms with Crippen LogP contribution in [0.25, 0.3) is 16.9 Å². The predicted octanol–water partition coefficient (Wildman–Crippen LogP) is 1.39. The molecule has 1 aliphatic heterocycles. The SMILES string of the molecule is CCOc1ccc(-n2nnc3c(=O)n(CC(=O)N4CCCCC4)cnc32)cc1. The Hall–Kier alpha value is -3.23. The Balaban J connectivity index is 1.60. The van der Waals surface area contributed by atoms with Crippen molar-refractivity contribution in [2.24, 2.45) is 0 Å². The molecular weight excluding hydrogens is 360 g/mol. The fraction of sp³-hybridized carbons (Fsp3) is 0.421. The number of piperidine rings is 1. The number of ether oxygens (including phenoxy) is 1. The van der Waals surface area contributed by atoms with Crippen LogP contribution < -0.4 is 10.3 Å². The van der Waals surface area contributed by atoms with Crippen molar-refractivity contribution < 1.29 is 9.53 Å². The Morgan fingerprint density at radius 3 is 2.61 bits per heavy atom. The summed E-state index contributed by atoms with van der Waals surface area (Å²) in [4.78, 5) is 31.3. The van der Waals surface area contributed by atoms with Crippen LogP contribution >= 0.6 is 0 Å². The first kappa shape index (κ1) is 18.1. The number of amides is 1. The summed E-state index contributed by atoms with van der Waals surface area (Å²) in [5, 5.41) is 8.06. The van der Waals surface area contributed by atoms with Crippen molar-refractivity contribution >= 4 is 17.1 Å². The van der Waals surface area contributed by atoms with E-state index in [0.717, 1.165) is 43.8 Å². The highest BCUT2D eigenvalue weighted by molar-refractivity contribution is 5.77. The Labute approximate surface area is 161 Å². The molecular formula is C19H22N6O3. The minimum Gasteiger partial charge on any atom is -0.494 e. The zero-order valence-electron chi connectivity index (χ0n) is 15.7. The molecule has 3 aromatic rings. The molecule has 2 aromatic heterocycles. The van der Waals surface area contributed by atoms with Gasteiger partial charge in [-0.25, -0.2) is 4.98 Å². The number of rotatable bonds is 5. The highest BCUT2D eigenvalue weighted by Crippen LogP contribution is 2.17. The molecule has 0 saturated carbocycles. The molecule has 0 N–H and O–H groups in total. The van der Waals surface area contributed by atoms with Gasteiger partial charge in [-0.2, -0.15) is 4.68 Å². The van der Waals surface area contributed by atoms with Crippen LogP contribution in [0.1, 0.15) is 26.2 Å². The van der Waals surface area contributed by atoms with Gasteiger partial charge >= 0.3 is 0 Å². The summed E-state index contributed by atoms with van der Waals surface area (Å²) in [6.45, 7) is 3.97. The van der Waals surface area contributed by atoms with Gasteiger partial charge in [0.2, 0.25) is 5.91 Å². The van der Waals surface area contributed by atoms with E-state index in [9.17, 15) is 9.59 Å². The number of nitrogens with zero attached hydrogens (tertiary/aromatic N) is 6. The van der Waals surface area contributed by atoms with E-state index in [1.807, 2.05) is 31.2 Å². The summed E-state index contributed by atoms with van der Waals surface area (Å²) in [6, 6.07) is 7.30. The van der Waals surface area contributed by atoms with Crippen molar-refractivity contribution in [2.45, 2.75) is 32.7 Å². The van der Waals surface area contributed by atoms with E-state index in [2.05, 4.69) is 15.3 Å². The summed E-state index contributed by atoms with van der Waals surface area (Å²) in [6.07, 6.45) is 4.55. The molecule has 0 atom stereocenters. The number of carbonyl (C=O) groups is 1. The minimum atomic E-state index is -0.368. The van der Waals surface area contributed by atoms with Crippen LogP contribution in [-0.4, -0.2) is 55.0 Å². The molecule has 1 aromatic carbocycles. The van der Waals surface area contributed by atoms with Crippen molar-refractivity contribution in [3.8, 4) is 11.4 Å². The Morgan fingerprint density at radius 2 is 1.89 bits per heavy atom. The quantitative estimate of drug-likeness (QED) is 0.662. The number of fused-ring (bicyclic) bond motifs is 1. The normalized spacial score (nSPS) is 14.4. The van der Waals surface area contributed by atoms with Gasteiger partial charge in [0.25, 0.3) is 5.56 Å². The number of benzene rings is 1. The minimum absolute atomic E-state index is 0.0301. The zero-order chi connectivity index (χ0) is 19.5. The molecule has 3 heterocycles. The first-order chi connectivity index (χ1) is 13.7. The van der Waals surface area contributed by atoms with Gasteiger partial charge in [-0.15, -0.1) is 5.10 Å². The lowest BCUT2D eigenvalue weighted by molar-refractivity contribution is -0.132. The monoisotopic (exact) mass is 382 g/mol. The second-order valence-corrected chi connectivity index (χ2v) is 6.72. The van der Waals surface area contributed by atoms with Crippen molar-refractivity contribution in [3.63, 3.8) is 0 Å². The van der Waals surface area contributed by atoms with Crippen molar-refractivity contribution in [3.05, 3.63) is 40.9 Å². The third-order valence-corrected chi connectivity index (χ3v) is 4.84. The van der Waals surface area contributed by atoms with Crippen LogP contribution in [0.15, 0.2) is 35.4 Å². The maximum absolute atomic E-state index is 12.7. The molecule has 9 nitrogen and oxygen atoms in total. The summed E-state index contributed by atoms with van der Waals surface area (Å²) in [5.74, 6) is 0.684. The molecule has 0 bridgehead atoms. The van der Waals surface area contributed by atoms with E-state index in [1.54, 1.807) is 4.90 Å². The Kier molecular flexibility index (Phi) is 5.05. The smallest absolute Gasteiger partial charge is 0.284 e. The van der Waals surface area contributed by atoms with Crippen LogP contribution in [-0.2, 0) is 11.3 Å². The molecule has 1 saturated heterocycles. The lowest BCUT2D eigenvalue weighted by Crippen LogP contribution is -2.39. The summed E-state index contributed by atoms with van der Waals surface area (Å²) in [7, 11) is 0. The average molecular weight is 382 g/mol. The molecule has 0 aliphatic carbocycles. The molecule has 0 spiro atoms. The summed E-state index contributed by atoms with van der Waals surface area (Å²) in [5.41, 5.74) is 0.853. The number of hydrogen-bond acceptors (Lipinski definition) is 6. The second-order valence-electron chi connectivity index (χ2n) is 6.72. The van der Waals surface area contributed by atoms with Gasteiger partial charge in [-0.05, 0) is 50.5 Å². The van der Waals surface area contributed by atoms with Crippen LogP contribution in [0, 0.1) is 0 Å². The zero-order valence-corrected chi connectivity index (χ0v) is 15.7. The van der Waals surface area contributed by atoms with Gasteiger partial charge in [0.15, 0.2) is 11.2 Å². The van der Waals surface area contributed by atoms with Crippen molar-refractivity contribution in [1.82, 2.24) is 29.4 Å². The van der Waals surface area contributed by atoms with Gasteiger partial charge in [-0.3, -0.25) is 14.2 Å². The second kappa shape index (κ2) is 7.79. The van der Waals surface area contributed by atoms with Gasteiger partial charge in [0.1, 0.15) is 18.6 Å². The van der Waals surface area contributed by atoms with E-state index in [1.165, 1.54) is 15.6 Å². The highest BCUT2D eigenvalue weighted by Gasteiger charge is 2.19. The number of likely N-dealkylation sites (tertiary alicyclic amines) is 1. The van der Waals surface area contributed by atoms with E-state index in [4.69, 9.17) is 4.74 Å². The molecule has 1 aliphatic rings. The van der Waals surface area contributed by atoms with Crippen molar-refractivity contribution in [1.29, 1.82) is 0 Å². The standard InChI is InChI=1S/C19H22N6O3/c1-2-28-15-8-6-14(7-9-15)25-18-17(21-22-25)19(27)24(13-20-18)12-16(26)23-10-4-3-5-11-23/h6-9,13H,2-5,10-12H2,1H3.